The predicted molar refractivity (Wildman–Crippen MR) is 147 cm³/mol. The number of aryl methyl sites for hydroxylation is 1. The SMILES string of the molecule is Cc1cc(CNC(=O)c2cc(C(=O)NCc3ccc(F)c(Nc4c(N)c(=O)c4=O)c3)nc3noc(=O)n23)ccc1C(=O)O. The Morgan fingerprint density at radius 1 is 0.977 bits per heavy atom. The van der Waals surface area contributed by atoms with Gasteiger partial charge in [0.05, 0.1) is 11.3 Å². The van der Waals surface area contributed by atoms with Gasteiger partial charge in [0.15, 0.2) is 0 Å². The molecule has 0 aliphatic carbocycles. The Bertz CT molecular complexity index is 2090. The molecule has 0 radical (unpaired) electrons. The average molecular weight is 589 g/mol. The predicted octanol–water partition coefficient (Wildman–Crippen LogP) is 0.610. The zero-order valence-electron chi connectivity index (χ0n) is 22.1. The van der Waals surface area contributed by atoms with Crippen molar-refractivity contribution in [3.8, 4) is 0 Å². The number of benzene rings is 2. The van der Waals surface area contributed by atoms with E-state index in [9.17, 15) is 38.3 Å². The summed E-state index contributed by atoms with van der Waals surface area (Å²) in [7, 11) is 0. The number of nitrogens with zero attached hydrogens (tertiary/aromatic N) is 3. The van der Waals surface area contributed by atoms with Gasteiger partial charge < -0.3 is 26.8 Å². The second-order valence-electron chi connectivity index (χ2n) is 9.32. The Hall–Kier alpha value is -6.19. The summed E-state index contributed by atoms with van der Waals surface area (Å²) < 4.78 is 19.7. The highest BCUT2D eigenvalue weighted by Crippen LogP contribution is 2.22. The van der Waals surface area contributed by atoms with Crippen LogP contribution in [-0.4, -0.2) is 37.4 Å². The molecule has 2 heterocycles. The van der Waals surface area contributed by atoms with Gasteiger partial charge in [0.25, 0.3) is 28.4 Å². The fourth-order valence-corrected chi connectivity index (χ4v) is 4.20. The van der Waals surface area contributed by atoms with Crippen molar-refractivity contribution in [2.45, 2.75) is 20.0 Å². The zero-order chi connectivity index (χ0) is 31.0. The normalized spacial score (nSPS) is 11.0. The maximum Gasteiger partial charge on any atom is 0.448 e. The van der Waals surface area contributed by atoms with Gasteiger partial charge in [0.2, 0.25) is 0 Å². The van der Waals surface area contributed by atoms with Crippen LogP contribution in [0.4, 0.5) is 21.5 Å². The Balaban J connectivity index is 1.33. The van der Waals surface area contributed by atoms with Crippen LogP contribution in [0.5, 0.6) is 0 Å². The molecule has 0 atom stereocenters. The summed E-state index contributed by atoms with van der Waals surface area (Å²) in [5.74, 6) is -4.77. The molecule has 0 saturated carbocycles. The lowest BCUT2D eigenvalue weighted by Gasteiger charge is -2.13. The maximum atomic E-state index is 14.3. The van der Waals surface area contributed by atoms with E-state index in [1.165, 1.54) is 24.3 Å². The van der Waals surface area contributed by atoms with Crippen LogP contribution in [-0.2, 0) is 13.1 Å². The van der Waals surface area contributed by atoms with Crippen LogP contribution in [0.1, 0.15) is 48.0 Å². The number of hydrogen-bond acceptors (Lipinski definition) is 11. The Morgan fingerprint density at radius 2 is 1.65 bits per heavy atom. The third-order valence-corrected chi connectivity index (χ3v) is 6.45. The number of rotatable bonds is 9. The van der Waals surface area contributed by atoms with Crippen molar-refractivity contribution in [1.29, 1.82) is 0 Å². The third kappa shape index (κ3) is 5.43. The van der Waals surface area contributed by atoms with E-state index in [2.05, 4.69) is 30.6 Å². The molecule has 5 aromatic rings. The minimum atomic E-state index is -1.09. The number of carboxylic acid groups (broad SMARTS) is 1. The van der Waals surface area contributed by atoms with E-state index in [0.717, 1.165) is 16.5 Å². The summed E-state index contributed by atoms with van der Waals surface area (Å²) in [4.78, 5) is 76.4. The molecule has 43 heavy (non-hydrogen) atoms. The smallest absolute Gasteiger partial charge is 0.448 e. The highest BCUT2D eigenvalue weighted by atomic mass is 19.1. The van der Waals surface area contributed by atoms with Gasteiger partial charge in [-0.2, -0.15) is 0 Å². The van der Waals surface area contributed by atoms with Crippen molar-refractivity contribution in [3.05, 3.63) is 113 Å². The molecule has 0 fully saturated rings. The number of fused-ring (bicyclic) bond motifs is 1. The molecule has 0 spiro atoms. The van der Waals surface area contributed by atoms with E-state index < -0.39 is 40.2 Å². The Morgan fingerprint density at radius 3 is 2.33 bits per heavy atom. The van der Waals surface area contributed by atoms with E-state index in [0.29, 0.717) is 16.7 Å². The summed E-state index contributed by atoms with van der Waals surface area (Å²) in [6.07, 6.45) is 0. The van der Waals surface area contributed by atoms with Crippen LogP contribution < -0.4 is 38.3 Å². The van der Waals surface area contributed by atoms with E-state index in [4.69, 9.17) is 5.73 Å². The zero-order valence-corrected chi connectivity index (χ0v) is 22.1. The number of aromatic carboxylic acids is 1. The summed E-state index contributed by atoms with van der Waals surface area (Å²) in [5.41, 5.74) is 3.98. The molecule has 15 nitrogen and oxygen atoms in total. The van der Waals surface area contributed by atoms with Gasteiger partial charge in [0, 0.05) is 13.1 Å². The van der Waals surface area contributed by atoms with Crippen molar-refractivity contribution < 1.29 is 28.4 Å². The second-order valence-corrected chi connectivity index (χ2v) is 9.32. The third-order valence-electron chi connectivity index (χ3n) is 6.45. The number of halogens is 1. The summed E-state index contributed by atoms with van der Waals surface area (Å²) >= 11 is 0. The topological polar surface area (TPSA) is 228 Å². The molecule has 6 N–H and O–H groups in total. The van der Waals surface area contributed by atoms with Crippen molar-refractivity contribution >= 4 is 40.6 Å². The van der Waals surface area contributed by atoms with Gasteiger partial charge in [-0.05, 0) is 53.0 Å². The number of nitrogens with one attached hydrogen (secondary N) is 3. The number of aromatic nitrogens is 3. The van der Waals surface area contributed by atoms with E-state index in [-0.39, 0.29) is 52.9 Å². The summed E-state index contributed by atoms with van der Waals surface area (Å²) in [6, 6.07) is 9.31. The number of nitrogen functional groups attached to an aromatic ring is 1. The number of amides is 2. The van der Waals surface area contributed by atoms with E-state index >= 15 is 0 Å². The molecule has 5 rings (SSSR count). The first kappa shape index (κ1) is 28.3. The van der Waals surface area contributed by atoms with Gasteiger partial charge in [0.1, 0.15) is 28.6 Å². The molecule has 0 aliphatic rings. The van der Waals surface area contributed by atoms with E-state index in [1.807, 2.05) is 0 Å². The summed E-state index contributed by atoms with van der Waals surface area (Å²) in [6.45, 7) is 1.42. The highest BCUT2D eigenvalue weighted by molar-refractivity contribution is 5.98. The minimum Gasteiger partial charge on any atom is -0.478 e. The molecule has 2 amide bonds. The van der Waals surface area contributed by atoms with Crippen molar-refractivity contribution in [2.24, 2.45) is 0 Å². The molecular formula is C27H20FN7O8. The summed E-state index contributed by atoms with van der Waals surface area (Å²) in [5, 5.41) is 20.3. The highest BCUT2D eigenvalue weighted by Gasteiger charge is 2.22. The van der Waals surface area contributed by atoms with Gasteiger partial charge >= 0.3 is 11.7 Å². The first-order valence-electron chi connectivity index (χ1n) is 12.4. The first-order chi connectivity index (χ1) is 20.4. The fraction of sp³-hybridized carbons (Fsp3) is 0.111. The lowest BCUT2D eigenvalue weighted by molar-refractivity contribution is 0.0695. The van der Waals surface area contributed by atoms with Crippen LogP contribution in [0.25, 0.3) is 5.78 Å². The number of carbonyl (C=O) groups excluding carboxylic acids is 2. The second kappa shape index (κ2) is 11.0. The van der Waals surface area contributed by atoms with Gasteiger partial charge in [-0.1, -0.05) is 18.2 Å². The number of anilines is 3. The Labute approximate surface area is 238 Å². The largest absolute Gasteiger partial charge is 0.478 e. The molecule has 0 saturated heterocycles. The number of nitrogens with two attached hydrogens (primary N) is 1. The Kier molecular flexibility index (Phi) is 7.25. The number of carbonyl (C=O) groups is 3. The number of carboxylic acids is 1. The van der Waals surface area contributed by atoms with Crippen LogP contribution in [0.3, 0.4) is 0 Å². The molecule has 0 aliphatic heterocycles. The molecule has 3 aromatic carbocycles. The molecule has 218 valence electrons. The standard InChI is InChI=1S/C27H20FN7O8/c1-11-6-12(2-4-14(11)25(40)41)9-31-24(39)18-8-17(33-26-34-43-27(42)35(18)26)23(38)30-10-13-3-5-15(28)16(7-13)32-20-19(29)21(36)22(20)37/h2-8,32H,9-10,29H2,1H3,(H,30,38)(H,31,39)(H,40,41). The lowest BCUT2D eigenvalue weighted by atomic mass is 10.1. The molecule has 2 aromatic heterocycles. The molecular weight excluding hydrogens is 569 g/mol. The van der Waals surface area contributed by atoms with Crippen LogP contribution >= 0.6 is 0 Å². The van der Waals surface area contributed by atoms with Gasteiger partial charge in [-0.25, -0.2) is 23.4 Å². The minimum absolute atomic E-state index is 0.0335. The molecule has 0 bridgehead atoms. The fourth-order valence-electron chi connectivity index (χ4n) is 4.20. The van der Waals surface area contributed by atoms with E-state index in [1.54, 1.807) is 13.0 Å². The number of hydrogen-bond donors (Lipinski definition) is 5. The van der Waals surface area contributed by atoms with Crippen LogP contribution in [0.15, 0.2) is 61.4 Å². The van der Waals surface area contributed by atoms with Gasteiger partial charge in [-0.15, -0.1) is 0 Å². The maximum absolute atomic E-state index is 14.3. The quantitative estimate of drug-likeness (QED) is 0.149. The van der Waals surface area contributed by atoms with Crippen molar-refractivity contribution in [1.82, 2.24) is 25.2 Å². The van der Waals surface area contributed by atoms with Crippen LogP contribution in [0, 0.1) is 12.7 Å². The first-order valence-corrected chi connectivity index (χ1v) is 12.4. The monoisotopic (exact) mass is 589 g/mol. The van der Waals surface area contributed by atoms with Crippen molar-refractivity contribution in [3.63, 3.8) is 0 Å². The van der Waals surface area contributed by atoms with Gasteiger partial charge in [-0.3, -0.25) is 23.7 Å². The molecule has 16 heteroatoms. The van der Waals surface area contributed by atoms with Crippen molar-refractivity contribution in [2.75, 3.05) is 11.1 Å². The lowest BCUT2D eigenvalue weighted by Crippen LogP contribution is -2.36. The average Bonchev–Trinajstić information content (AvgIpc) is 3.37. The van der Waals surface area contributed by atoms with Crippen LogP contribution in [0.2, 0.25) is 0 Å². The molecule has 0 unspecified atom stereocenters.